The van der Waals surface area contributed by atoms with E-state index in [9.17, 15) is 14.9 Å². The molecule has 126 valence electrons. The SMILES string of the molecule is COC(=O)c1ccccc1N/C=C(/C#N)C(=O)Nc1cccc(C)c1. The van der Waals surface area contributed by atoms with Crippen molar-refractivity contribution in [3.05, 3.63) is 71.4 Å². The Morgan fingerprint density at radius 2 is 1.92 bits per heavy atom. The molecule has 0 atom stereocenters. The Balaban J connectivity index is 2.17. The third kappa shape index (κ3) is 4.69. The summed E-state index contributed by atoms with van der Waals surface area (Å²) in [6.45, 7) is 1.90. The topological polar surface area (TPSA) is 91.2 Å². The number of nitrogens with one attached hydrogen (secondary N) is 2. The van der Waals surface area contributed by atoms with Crippen molar-refractivity contribution in [1.82, 2.24) is 0 Å². The Hall–Kier alpha value is -3.59. The van der Waals surface area contributed by atoms with E-state index in [0.29, 0.717) is 16.9 Å². The number of rotatable bonds is 5. The molecule has 0 fully saturated rings. The number of hydrogen-bond acceptors (Lipinski definition) is 5. The van der Waals surface area contributed by atoms with Gasteiger partial charge in [-0.2, -0.15) is 5.26 Å². The van der Waals surface area contributed by atoms with Crippen LogP contribution in [0.5, 0.6) is 0 Å². The zero-order chi connectivity index (χ0) is 18.2. The van der Waals surface area contributed by atoms with E-state index in [1.165, 1.54) is 13.3 Å². The lowest BCUT2D eigenvalue weighted by Crippen LogP contribution is -2.15. The first-order valence-corrected chi connectivity index (χ1v) is 7.47. The molecular weight excluding hydrogens is 318 g/mol. The van der Waals surface area contributed by atoms with Crippen LogP contribution in [-0.4, -0.2) is 19.0 Å². The van der Waals surface area contributed by atoms with Crippen LogP contribution in [0.25, 0.3) is 0 Å². The summed E-state index contributed by atoms with van der Waals surface area (Å²) < 4.78 is 4.70. The van der Waals surface area contributed by atoms with Crippen molar-refractivity contribution in [2.45, 2.75) is 6.92 Å². The molecule has 6 heteroatoms. The molecule has 0 saturated carbocycles. The molecule has 0 aliphatic heterocycles. The summed E-state index contributed by atoms with van der Waals surface area (Å²) in [5.74, 6) is -1.06. The molecule has 1 amide bonds. The highest BCUT2D eigenvalue weighted by molar-refractivity contribution is 6.07. The van der Waals surface area contributed by atoms with Gasteiger partial charge < -0.3 is 15.4 Å². The average Bonchev–Trinajstić information content (AvgIpc) is 2.62. The lowest BCUT2D eigenvalue weighted by molar-refractivity contribution is -0.112. The lowest BCUT2D eigenvalue weighted by Gasteiger charge is -2.08. The maximum Gasteiger partial charge on any atom is 0.339 e. The van der Waals surface area contributed by atoms with Crippen LogP contribution in [0.3, 0.4) is 0 Å². The van der Waals surface area contributed by atoms with E-state index in [1.54, 1.807) is 36.4 Å². The number of esters is 1. The van der Waals surface area contributed by atoms with E-state index in [4.69, 9.17) is 4.74 Å². The van der Waals surface area contributed by atoms with Crippen LogP contribution >= 0.6 is 0 Å². The Morgan fingerprint density at radius 1 is 1.16 bits per heavy atom. The van der Waals surface area contributed by atoms with Crippen molar-refractivity contribution in [3.63, 3.8) is 0 Å². The second kappa shape index (κ2) is 8.31. The van der Waals surface area contributed by atoms with Crippen molar-refractivity contribution in [3.8, 4) is 6.07 Å². The number of aryl methyl sites for hydroxylation is 1. The lowest BCUT2D eigenvalue weighted by atomic mass is 10.1. The summed E-state index contributed by atoms with van der Waals surface area (Å²) in [7, 11) is 1.28. The second-order valence-electron chi connectivity index (χ2n) is 5.17. The highest BCUT2D eigenvalue weighted by Gasteiger charge is 2.12. The van der Waals surface area contributed by atoms with Crippen molar-refractivity contribution < 1.29 is 14.3 Å². The quantitative estimate of drug-likeness (QED) is 0.497. The maximum absolute atomic E-state index is 12.2. The van der Waals surface area contributed by atoms with E-state index in [-0.39, 0.29) is 5.57 Å². The first-order valence-electron chi connectivity index (χ1n) is 7.47. The zero-order valence-corrected chi connectivity index (χ0v) is 13.9. The van der Waals surface area contributed by atoms with Gasteiger partial charge in [0.05, 0.1) is 18.4 Å². The molecule has 0 radical (unpaired) electrons. The largest absolute Gasteiger partial charge is 0.465 e. The third-order valence-electron chi connectivity index (χ3n) is 3.35. The van der Waals surface area contributed by atoms with Gasteiger partial charge in [0.15, 0.2) is 0 Å². The summed E-state index contributed by atoms with van der Waals surface area (Å²) in [5, 5.41) is 14.7. The first-order chi connectivity index (χ1) is 12.0. The number of carbonyl (C=O) groups is 2. The zero-order valence-electron chi connectivity index (χ0n) is 13.9. The van der Waals surface area contributed by atoms with Crippen molar-refractivity contribution in [2.24, 2.45) is 0 Å². The van der Waals surface area contributed by atoms with Gasteiger partial charge >= 0.3 is 5.97 Å². The summed E-state index contributed by atoms with van der Waals surface area (Å²) in [6.07, 6.45) is 1.26. The maximum atomic E-state index is 12.2. The van der Waals surface area contributed by atoms with Gasteiger partial charge in [-0.05, 0) is 36.8 Å². The predicted octanol–water partition coefficient (Wildman–Crippen LogP) is 3.24. The Kier molecular flexibility index (Phi) is 5.91. The molecule has 2 N–H and O–H groups in total. The molecule has 2 aromatic rings. The van der Waals surface area contributed by atoms with Gasteiger partial charge in [0.25, 0.3) is 5.91 Å². The Labute approximate surface area is 145 Å². The molecule has 0 spiro atoms. The molecule has 0 aliphatic carbocycles. The van der Waals surface area contributed by atoms with E-state index in [2.05, 4.69) is 10.6 Å². The number of nitrogens with zero attached hydrogens (tertiary/aromatic N) is 1. The second-order valence-corrected chi connectivity index (χ2v) is 5.17. The van der Waals surface area contributed by atoms with E-state index in [0.717, 1.165) is 5.56 Å². The molecule has 25 heavy (non-hydrogen) atoms. The monoisotopic (exact) mass is 335 g/mol. The van der Waals surface area contributed by atoms with Gasteiger partial charge in [0.2, 0.25) is 0 Å². The number of carbonyl (C=O) groups excluding carboxylic acids is 2. The third-order valence-corrected chi connectivity index (χ3v) is 3.35. The van der Waals surface area contributed by atoms with Crippen molar-refractivity contribution in [1.29, 1.82) is 5.26 Å². The van der Waals surface area contributed by atoms with Crippen molar-refractivity contribution >= 4 is 23.3 Å². The van der Waals surface area contributed by atoms with Crippen LogP contribution in [-0.2, 0) is 9.53 Å². The number of nitriles is 1. The van der Waals surface area contributed by atoms with E-state index < -0.39 is 11.9 Å². The van der Waals surface area contributed by atoms with Gasteiger partial charge in [-0.3, -0.25) is 4.79 Å². The van der Waals surface area contributed by atoms with Crippen LogP contribution in [0.2, 0.25) is 0 Å². The number of amides is 1. The fourth-order valence-electron chi connectivity index (χ4n) is 2.12. The summed E-state index contributed by atoms with van der Waals surface area (Å²) >= 11 is 0. The molecule has 2 aromatic carbocycles. The highest BCUT2D eigenvalue weighted by atomic mass is 16.5. The number of hydrogen-bond donors (Lipinski definition) is 2. The fraction of sp³-hybridized carbons (Fsp3) is 0.105. The smallest absolute Gasteiger partial charge is 0.339 e. The molecule has 0 bridgehead atoms. The highest BCUT2D eigenvalue weighted by Crippen LogP contribution is 2.17. The van der Waals surface area contributed by atoms with Gasteiger partial charge in [-0.25, -0.2) is 4.79 Å². The minimum Gasteiger partial charge on any atom is -0.465 e. The molecule has 0 aliphatic rings. The number of methoxy groups -OCH3 is 1. The molecule has 0 aromatic heterocycles. The van der Waals surface area contributed by atoms with Crippen LogP contribution in [0.1, 0.15) is 15.9 Å². The number of ether oxygens (including phenoxy) is 1. The number of anilines is 2. The first kappa shape index (κ1) is 17.8. The van der Waals surface area contributed by atoms with Gasteiger partial charge in [-0.1, -0.05) is 24.3 Å². The van der Waals surface area contributed by atoms with Gasteiger partial charge in [-0.15, -0.1) is 0 Å². The molecule has 6 nitrogen and oxygen atoms in total. The van der Waals surface area contributed by atoms with Crippen LogP contribution in [0.15, 0.2) is 60.3 Å². The molecular formula is C19H17N3O3. The molecule has 0 saturated heterocycles. The standard InChI is InChI=1S/C19H17N3O3/c1-13-6-5-7-15(10-13)22-18(23)14(11-20)12-21-17-9-4-3-8-16(17)19(24)25-2/h3-10,12,21H,1-2H3,(H,22,23)/b14-12-. The summed E-state index contributed by atoms with van der Waals surface area (Å²) in [5.41, 5.74) is 2.20. The minimum absolute atomic E-state index is 0.124. The Bertz CT molecular complexity index is 866. The number of benzene rings is 2. The molecule has 2 rings (SSSR count). The van der Waals surface area contributed by atoms with Crippen molar-refractivity contribution in [2.75, 3.05) is 17.7 Å². The summed E-state index contributed by atoms with van der Waals surface area (Å²) in [4.78, 5) is 23.9. The Morgan fingerprint density at radius 3 is 2.60 bits per heavy atom. The molecule has 0 heterocycles. The number of para-hydroxylation sites is 1. The van der Waals surface area contributed by atoms with E-state index >= 15 is 0 Å². The minimum atomic E-state index is -0.545. The normalized spacial score (nSPS) is 10.5. The average molecular weight is 335 g/mol. The van der Waals surface area contributed by atoms with Gasteiger partial charge in [0, 0.05) is 11.9 Å². The predicted molar refractivity (Wildman–Crippen MR) is 94.9 cm³/mol. The van der Waals surface area contributed by atoms with Crippen LogP contribution < -0.4 is 10.6 Å². The van der Waals surface area contributed by atoms with E-state index in [1.807, 2.05) is 25.1 Å². The van der Waals surface area contributed by atoms with Crippen LogP contribution in [0, 0.1) is 18.3 Å². The fourth-order valence-corrected chi connectivity index (χ4v) is 2.12. The van der Waals surface area contributed by atoms with Gasteiger partial charge in [0.1, 0.15) is 11.6 Å². The molecule has 0 unspecified atom stereocenters. The van der Waals surface area contributed by atoms with Crippen LogP contribution in [0.4, 0.5) is 11.4 Å². The summed E-state index contributed by atoms with van der Waals surface area (Å²) in [6, 6.07) is 15.7.